The van der Waals surface area contributed by atoms with Gasteiger partial charge in [0.25, 0.3) is 5.91 Å². The van der Waals surface area contributed by atoms with E-state index >= 15 is 0 Å². The maximum Gasteiger partial charge on any atom is 0.274 e. The van der Waals surface area contributed by atoms with Crippen LogP contribution in [-0.2, 0) is 7.05 Å². The summed E-state index contributed by atoms with van der Waals surface area (Å²) in [5.41, 5.74) is 0.517. The van der Waals surface area contributed by atoms with Crippen LogP contribution in [-0.4, -0.2) is 45.5 Å². The molecule has 0 aromatic carbocycles. The number of carbonyl (C=O) groups excluding carboxylic acids is 1. The van der Waals surface area contributed by atoms with Gasteiger partial charge >= 0.3 is 0 Å². The Labute approximate surface area is 95.5 Å². The SMILES string of the molecule is Cn1cnc(C(=O)N2CCNC(C)(C)C2)c1. The van der Waals surface area contributed by atoms with Gasteiger partial charge in [-0.15, -0.1) is 0 Å². The second-order valence-electron chi connectivity index (χ2n) is 4.96. The van der Waals surface area contributed by atoms with Gasteiger partial charge < -0.3 is 14.8 Å². The van der Waals surface area contributed by atoms with Gasteiger partial charge in [0.05, 0.1) is 6.33 Å². The fourth-order valence-corrected chi connectivity index (χ4v) is 2.00. The summed E-state index contributed by atoms with van der Waals surface area (Å²) in [6.45, 7) is 6.52. The molecule has 1 aliphatic rings. The number of nitrogens with zero attached hydrogens (tertiary/aromatic N) is 3. The van der Waals surface area contributed by atoms with Gasteiger partial charge in [-0.05, 0) is 13.8 Å². The maximum absolute atomic E-state index is 12.1. The predicted molar refractivity (Wildman–Crippen MR) is 61.2 cm³/mol. The van der Waals surface area contributed by atoms with Crippen molar-refractivity contribution in [3.63, 3.8) is 0 Å². The van der Waals surface area contributed by atoms with E-state index in [0.29, 0.717) is 5.69 Å². The van der Waals surface area contributed by atoms with Crippen LogP contribution < -0.4 is 5.32 Å². The maximum atomic E-state index is 12.1. The molecule has 2 rings (SSSR count). The second kappa shape index (κ2) is 3.90. The quantitative estimate of drug-likeness (QED) is 0.740. The summed E-state index contributed by atoms with van der Waals surface area (Å²) in [5, 5.41) is 3.38. The van der Waals surface area contributed by atoms with Gasteiger partial charge in [0.15, 0.2) is 0 Å². The van der Waals surface area contributed by atoms with Crippen molar-refractivity contribution < 1.29 is 4.79 Å². The molecule has 1 aromatic heterocycles. The Morgan fingerprint density at radius 1 is 1.56 bits per heavy atom. The summed E-state index contributed by atoms with van der Waals surface area (Å²) in [7, 11) is 1.87. The average Bonchev–Trinajstić information content (AvgIpc) is 2.62. The van der Waals surface area contributed by atoms with E-state index in [1.807, 2.05) is 11.9 Å². The molecule has 1 amide bonds. The molecular weight excluding hydrogens is 204 g/mol. The van der Waals surface area contributed by atoms with Crippen molar-refractivity contribution >= 4 is 5.91 Å². The van der Waals surface area contributed by atoms with Crippen molar-refractivity contribution in [3.05, 3.63) is 18.2 Å². The smallest absolute Gasteiger partial charge is 0.274 e. The second-order valence-corrected chi connectivity index (χ2v) is 4.96. The number of hydrogen-bond acceptors (Lipinski definition) is 3. The van der Waals surface area contributed by atoms with Crippen LogP contribution in [0.4, 0.5) is 0 Å². The summed E-state index contributed by atoms with van der Waals surface area (Å²) in [6, 6.07) is 0. The fourth-order valence-electron chi connectivity index (χ4n) is 2.00. The lowest BCUT2D eigenvalue weighted by Crippen LogP contribution is -2.58. The summed E-state index contributed by atoms with van der Waals surface area (Å²) >= 11 is 0. The lowest BCUT2D eigenvalue weighted by atomic mass is 10.0. The van der Waals surface area contributed by atoms with Crippen LogP contribution >= 0.6 is 0 Å². The van der Waals surface area contributed by atoms with Crippen LogP contribution in [0, 0.1) is 0 Å². The molecule has 5 heteroatoms. The Hall–Kier alpha value is -1.36. The van der Waals surface area contributed by atoms with E-state index < -0.39 is 0 Å². The van der Waals surface area contributed by atoms with Gasteiger partial charge in [0.2, 0.25) is 0 Å². The highest BCUT2D eigenvalue weighted by molar-refractivity contribution is 5.92. The van der Waals surface area contributed by atoms with Crippen molar-refractivity contribution in [1.29, 1.82) is 0 Å². The predicted octanol–water partition coefficient (Wildman–Crippen LogP) is 0.244. The zero-order valence-electron chi connectivity index (χ0n) is 10.0. The standard InChI is InChI=1S/C11H18N4O/c1-11(2)7-15(5-4-13-11)10(16)9-6-14(3)8-12-9/h6,8,13H,4-5,7H2,1-3H3. The van der Waals surface area contributed by atoms with E-state index in [2.05, 4.69) is 24.1 Å². The molecule has 1 aliphatic heterocycles. The topological polar surface area (TPSA) is 50.2 Å². The summed E-state index contributed by atoms with van der Waals surface area (Å²) < 4.78 is 1.79. The minimum atomic E-state index is -0.0112. The molecule has 0 aliphatic carbocycles. The lowest BCUT2D eigenvalue weighted by Gasteiger charge is -2.38. The number of carbonyl (C=O) groups is 1. The number of aryl methyl sites for hydroxylation is 1. The van der Waals surface area contributed by atoms with Gasteiger partial charge in [-0.25, -0.2) is 4.98 Å². The normalized spacial score (nSPS) is 19.8. The van der Waals surface area contributed by atoms with Crippen LogP contribution in [0.1, 0.15) is 24.3 Å². The molecule has 16 heavy (non-hydrogen) atoms. The highest BCUT2D eigenvalue weighted by Gasteiger charge is 2.29. The molecule has 2 heterocycles. The summed E-state index contributed by atoms with van der Waals surface area (Å²) in [4.78, 5) is 18.1. The number of rotatable bonds is 1. The van der Waals surface area contributed by atoms with E-state index in [9.17, 15) is 4.79 Å². The summed E-state index contributed by atoms with van der Waals surface area (Å²) in [5.74, 6) is 0.0233. The van der Waals surface area contributed by atoms with Gasteiger partial charge in [-0.3, -0.25) is 4.79 Å². The molecule has 0 radical (unpaired) electrons. The number of hydrogen-bond donors (Lipinski definition) is 1. The van der Waals surface area contributed by atoms with Crippen molar-refractivity contribution in [2.24, 2.45) is 7.05 Å². The third kappa shape index (κ3) is 2.24. The van der Waals surface area contributed by atoms with Crippen molar-refractivity contribution in [3.8, 4) is 0 Å². The molecule has 0 atom stereocenters. The van der Waals surface area contributed by atoms with Gasteiger partial charge in [0, 0.05) is 38.4 Å². The number of aromatic nitrogens is 2. The van der Waals surface area contributed by atoms with Crippen molar-refractivity contribution in [2.75, 3.05) is 19.6 Å². The van der Waals surface area contributed by atoms with E-state index in [-0.39, 0.29) is 11.4 Å². The molecular formula is C11H18N4O. The molecule has 0 spiro atoms. The van der Waals surface area contributed by atoms with Crippen LogP contribution in [0.3, 0.4) is 0 Å². The minimum absolute atomic E-state index is 0.0112. The number of imidazole rings is 1. The third-order valence-electron chi connectivity index (χ3n) is 2.78. The van der Waals surface area contributed by atoms with Gasteiger partial charge in [0.1, 0.15) is 5.69 Å². The molecule has 1 fully saturated rings. The number of nitrogens with one attached hydrogen (secondary N) is 1. The Balaban J connectivity index is 2.10. The van der Waals surface area contributed by atoms with E-state index in [4.69, 9.17) is 0 Å². The molecule has 1 N–H and O–H groups in total. The van der Waals surface area contributed by atoms with Crippen LogP contribution in [0.2, 0.25) is 0 Å². The first-order valence-corrected chi connectivity index (χ1v) is 5.50. The average molecular weight is 222 g/mol. The minimum Gasteiger partial charge on any atom is -0.340 e. The van der Waals surface area contributed by atoms with Gasteiger partial charge in [-0.2, -0.15) is 0 Å². The Bertz CT molecular complexity index is 396. The Morgan fingerprint density at radius 3 is 2.88 bits per heavy atom. The zero-order chi connectivity index (χ0) is 11.8. The van der Waals surface area contributed by atoms with Crippen LogP contribution in [0.15, 0.2) is 12.5 Å². The van der Waals surface area contributed by atoms with Gasteiger partial charge in [-0.1, -0.05) is 0 Å². The molecule has 1 saturated heterocycles. The molecule has 0 unspecified atom stereocenters. The van der Waals surface area contributed by atoms with E-state index in [0.717, 1.165) is 19.6 Å². The molecule has 0 saturated carbocycles. The lowest BCUT2D eigenvalue weighted by molar-refractivity contribution is 0.0646. The Kier molecular flexibility index (Phi) is 2.71. The highest BCUT2D eigenvalue weighted by Crippen LogP contribution is 2.12. The van der Waals surface area contributed by atoms with Crippen LogP contribution in [0.5, 0.6) is 0 Å². The van der Waals surface area contributed by atoms with Crippen molar-refractivity contribution in [2.45, 2.75) is 19.4 Å². The first-order valence-electron chi connectivity index (χ1n) is 5.50. The van der Waals surface area contributed by atoms with E-state index in [1.165, 1.54) is 0 Å². The van der Waals surface area contributed by atoms with E-state index in [1.54, 1.807) is 17.1 Å². The first-order chi connectivity index (χ1) is 7.48. The summed E-state index contributed by atoms with van der Waals surface area (Å²) in [6.07, 6.45) is 3.41. The number of amides is 1. The van der Waals surface area contributed by atoms with Crippen molar-refractivity contribution in [1.82, 2.24) is 19.8 Å². The zero-order valence-corrected chi connectivity index (χ0v) is 10.0. The van der Waals surface area contributed by atoms with Crippen LogP contribution in [0.25, 0.3) is 0 Å². The fraction of sp³-hybridized carbons (Fsp3) is 0.636. The molecule has 5 nitrogen and oxygen atoms in total. The molecule has 0 bridgehead atoms. The first kappa shape index (κ1) is 11.1. The largest absolute Gasteiger partial charge is 0.340 e. The third-order valence-corrected chi connectivity index (χ3v) is 2.78. The monoisotopic (exact) mass is 222 g/mol. The number of piperazine rings is 1. The highest BCUT2D eigenvalue weighted by atomic mass is 16.2. The molecule has 88 valence electrons. The Morgan fingerprint density at radius 2 is 2.31 bits per heavy atom. The molecule has 1 aromatic rings.